The van der Waals surface area contributed by atoms with Gasteiger partial charge in [0.1, 0.15) is 6.04 Å². The molecule has 0 saturated carbocycles. The Balaban J connectivity index is 0.00000387. The van der Waals surface area contributed by atoms with Gasteiger partial charge in [-0.25, -0.2) is 4.79 Å². The molecule has 0 radical (unpaired) electrons. The van der Waals surface area contributed by atoms with E-state index in [0.717, 1.165) is 11.3 Å². The summed E-state index contributed by atoms with van der Waals surface area (Å²) >= 11 is 0. The molecule has 1 rings (SSSR count). The number of carbonyl (C=O) groups excluding carboxylic acids is 2. The molecule has 204 valence electrons. The summed E-state index contributed by atoms with van der Waals surface area (Å²) in [6.45, 7) is 15.5. The molecule has 2 amide bonds. The van der Waals surface area contributed by atoms with Crippen LogP contribution in [0.3, 0.4) is 0 Å². The average molecular weight is 505 g/mol. The predicted molar refractivity (Wildman–Crippen MR) is 148 cm³/mol. The van der Waals surface area contributed by atoms with Gasteiger partial charge in [-0.2, -0.15) is 0 Å². The molecule has 0 aliphatic heterocycles. The Labute approximate surface area is 217 Å². The summed E-state index contributed by atoms with van der Waals surface area (Å²) < 4.78 is 0. The van der Waals surface area contributed by atoms with E-state index in [1.807, 2.05) is 65.9 Å². The van der Waals surface area contributed by atoms with Gasteiger partial charge in [0.2, 0.25) is 11.8 Å². The smallest absolute Gasteiger partial charge is 0.331 e. The Morgan fingerprint density at radius 3 is 1.89 bits per heavy atom. The van der Waals surface area contributed by atoms with Crippen LogP contribution in [0, 0.1) is 5.41 Å². The largest absolute Gasteiger partial charge is 0.478 e. The molecule has 0 aliphatic carbocycles. The number of carboxylic acids is 1. The van der Waals surface area contributed by atoms with E-state index < -0.39 is 28.9 Å². The summed E-state index contributed by atoms with van der Waals surface area (Å²) in [6.07, 6.45) is 2.73. The van der Waals surface area contributed by atoms with Crippen molar-refractivity contribution in [2.45, 2.75) is 79.3 Å². The van der Waals surface area contributed by atoms with Crippen molar-refractivity contribution in [3.8, 4) is 0 Å². The van der Waals surface area contributed by atoms with Crippen LogP contribution < -0.4 is 16.0 Å². The lowest BCUT2D eigenvalue weighted by atomic mass is 9.76. The molecule has 36 heavy (non-hydrogen) atoms. The van der Waals surface area contributed by atoms with E-state index in [2.05, 4.69) is 29.8 Å². The van der Waals surface area contributed by atoms with E-state index in [1.165, 1.54) is 24.3 Å². The number of carboxylic acid groups (broad SMARTS) is 1. The second-order valence-corrected chi connectivity index (χ2v) is 10.7. The van der Waals surface area contributed by atoms with Gasteiger partial charge in [0, 0.05) is 37.3 Å². The van der Waals surface area contributed by atoms with Gasteiger partial charge in [0.05, 0.1) is 6.04 Å². The first-order valence-corrected chi connectivity index (χ1v) is 12.5. The first kappa shape index (κ1) is 33.1. The van der Waals surface area contributed by atoms with Crippen LogP contribution in [-0.2, 0) is 19.8 Å². The fourth-order valence-electron chi connectivity index (χ4n) is 3.60. The van der Waals surface area contributed by atoms with E-state index in [1.54, 1.807) is 14.1 Å². The summed E-state index contributed by atoms with van der Waals surface area (Å²) in [6, 6.07) is 6.53. The van der Waals surface area contributed by atoms with Crippen LogP contribution in [0.2, 0.25) is 0 Å². The number of amides is 2. The van der Waals surface area contributed by atoms with Gasteiger partial charge >= 0.3 is 5.97 Å². The van der Waals surface area contributed by atoms with Crippen molar-refractivity contribution in [2.75, 3.05) is 33.0 Å². The van der Waals surface area contributed by atoms with Gasteiger partial charge in [0.25, 0.3) is 0 Å². The maximum atomic E-state index is 13.4. The van der Waals surface area contributed by atoms with Crippen molar-refractivity contribution in [1.29, 1.82) is 0 Å². The van der Waals surface area contributed by atoms with Gasteiger partial charge in [0.15, 0.2) is 0 Å². The van der Waals surface area contributed by atoms with Crippen LogP contribution in [0.5, 0.6) is 0 Å². The van der Waals surface area contributed by atoms with Crippen molar-refractivity contribution in [1.82, 2.24) is 15.5 Å². The lowest BCUT2D eigenvalue weighted by Crippen LogP contribution is -2.60. The number of anilines is 1. The molecule has 1 aromatic carbocycles. The zero-order valence-electron chi connectivity index (χ0n) is 24.1. The molecule has 2 unspecified atom stereocenters. The number of hydrogen-bond acceptors (Lipinski definition) is 5. The molecule has 1 aromatic rings. The second-order valence-electron chi connectivity index (χ2n) is 10.7. The predicted octanol–water partition coefficient (Wildman–Crippen LogP) is 4.03. The van der Waals surface area contributed by atoms with Crippen molar-refractivity contribution in [3.05, 3.63) is 41.5 Å². The molecular weight excluding hydrogens is 456 g/mol. The van der Waals surface area contributed by atoms with Gasteiger partial charge in [-0.3, -0.25) is 9.59 Å². The molecule has 0 bridgehead atoms. The summed E-state index contributed by atoms with van der Waals surface area (Å²) in [5.74, 6) is -1.59. The van der Waals surface area contributed by atoms with E-state index in [-0.39, 0.29) is 23.9 Å². The van der Waals surface area contributed by atoms with Crippen LogP contribution in [0.15, 0.2) is 35.9 Å². The molecule has 0 heterocycles. The molecule has 0 spiro atoms. The molecular formula is C28H48N4O4. The van der Waals surface area contributed by atoms with Crippen LogP contribution in [0.25, 0.3) is 0 Å². The van der Waals surface area contributed by atoms with Gasteiger partial charge in [-0.15, -0.1) is 0 Å². The highest BCUT2D eigenvalue weighted by Gasteiger charge is 2.40. The normalized spacial score (nSPS) is 13.6. The van der Waals surface area contributed by atoms with Crippen molar-refractivity contribution in [3.63, 3.8) is 0 Å². The zero-order chi connectivity index (χ0) is 28.3. The number of likely N-dealkylation sites (N-methyl/N-ethyl adjacent to an activating group) is 2. The van der Waals surface area contributed by atoms with Crippen molar-refractivity contribution < 1.29 is 19.5 Å². The summed E-state index contributed by atoms with van der Waals surface area (Å²) in [5, 5.41) is 18.2. The second kappa shape index (κ2) is 14.6. The number of nitrogens with one attached hydrogen (secondary N) is 3. The molecule has 8 heteroatoms. The molecule has 2 atom stereocenters. The highest BCUT2D eigenvalue weighted by atomic mass is 16.4. The Hall–Kier alpha value is -2.87. The molecule has 0 fully saturated rings. The first-order valence-electron chi connectivity index (χ1n) is 12.5. The minimum atomic E-state index is -1.03. The third-order valence-corrected chi connectivity index (χ3v) is 5.97. The quantitative estimate of drug-likeness (QED) is 0.358. The third-order valence-electron chi connectivity index (χ3n) is 5.97. The standard InChI is InChI=1S/C25H40N4O4.C3H8/c1-16(23(32)33)14-15-29(9)22(31)20(24(2,3)4)28-21(30)19(27-8)25(5,6)17-10-12-18(26-7)13-11-17;1-3-2/h10-14,19-20,26-27H,15H2,1-9H3,(H,28,30)(H,32,33);3H2,1-2H3/b16-14+;. The minimum absolute atomic E-state index is 0.137. The highest BCUT2D eigenvalue weighted by Crippen LogP contribution is 2.29. The summed E-state index contributed by atoms with van der Waals surface area (Å²) in [5.41, 5.74) is 1.02. The first-order chi connectivity index (χ1) is 16.6. The fourth-order valence-corrected chi connectivity index (χ4v) is 3.60. The Kier molecular flexibility index (Phi) is 13.5. The van der Waals surface area contributed by atoms with Crippen LogP contribution in [0.1, 0.15) is 67.4 Å². The maximum absolute atomic E-state index is 13.4. The van der Waals surface area contributed by atoms with E-state index in [9.17, 15) is 14.4 Å². The monoisotopic (exact) mass is 504 g/mol. The van der Waals surface area contributed by atoms with Crippen LogP contribution in [0.4, 0.5) is 5.69 Å². The zero-order valence-corrected chi connectivity index (χ0v) is 24.1. The molecule has 4 N–H and O–H groups in total. The fraction of sp³-hybridized carbons (Fsp3) is 0.607. The Morgan fingerprint density at radius 2 is 1.50 bits per heavy atom. The van der Waals surface area contributed by atoms with Gasteiger partial charge in [-0.05, 0) is 37.1 Å². The van der Waals surface area contributed by atoms with E-state index in [4.69, 9.17) is 5.11 Å². The lowest BCUT2D eigenvalue weighted by molar-refractivity contribution is -0.139. The lowest BCUT2D eigenvalue weighted by Gasteiger charge is -2.38. The van der Waals surface area contributed by atoms with Crippen LogP contribution >= 0.6 is 0 Å². The molecule has 0 saturated heterocycles. The van der Waals surface area contributed by atoms with Gasteiger partial charge in [-0.1, -0.05) is 73.1 Å². The number of nitrogens with zero attached hydrogens (tertiary/aromatic N) is 1. The van der Waals surface area contributed by atoms with Gasteiger partial charge < -0.3 is 26.0 Å². The molecule has 0 aliphatic rings. The average Bonchev–Trinajstić information content (AvgIpc) is 2.80. The number of aliphatic carboxylic acids is 1. The summed E-state index contributed by atoms with van der Waals surface area (Å²) in [7, 11) is 5.18. The minimum Gasteiger partial charge on any atom is -0.478 e. The SMILES string of the molecule is CCC.CNc1ccc(C(C)(C)C(NC)C(=O)NC(C(=O)N(C)C/C=C(\C)C(=O)O)C(C)(C)C)cc1. The molecule has 0 aromatic heterocycles. The van der Waals surface area contributed by atoms with E-state index in [0.29, 0.717) is 0 Å². The highest BCUT2D eigenvalue weighted by molar-refractivity contribution is 5.91. The third kappa shape index (κ3) is 9.64. The Morgan fingerprint density at radius 1 is 1.00 bits per heavy atom. The summed E-state index contributed by atoms with van der Waals surface area (Å²) in [4.78, 5) is 39.1. The molecule has 8 nitrogen and oxygen atoms in total. The van der Waals surface area contributed by atoms with Crippen molar-refractivity contribution in [2.24, 2.45) is 5.41 Å². The van der Waals surface area contributed by atoms with Crippen LogP contribution in [-0.4, -0.2) is 67.6 Å². The number of carbonyl (C=O) groups is 3. The number of benzene rings is 1. The Bertz CT molecular complexity index is 886. The van der Waals surface area contributed by atoms with E-state index >= 15 is 0 Å². The number of rotatable bonds is 10. The number of hydrogen-bond donors (Lipinski definition) is 4. The maximum Gasteiger partial charge on any atom is 0.331 e. The topological polar surface area (TPSA) is 111 Å². The van der Waals surface area contributed by atoms with Crippen molar-refractivity contribution >= 4 is 23.5 Å².